The maximum atomic E-state index is 12.5. The summed E-state index contributed by atoms with van der Waals surface area (Å²) in [6, 6.07) is 13.2. The first-order valence-corrected chi connectivity index (χ1v) is 8.14. The standard InChI is InChI=1S/C18H18ClN5O/c1-11-7-8-15(12(2)9-11)21-18(25)16-17(20)24(23-22-16)10-13-5-3-4-6-14(13)19/h3-9H,10,20H2,1-2H3,(H,21,25). The topological polar surface area (TPSA) is 85.8 Å². The molecule has 1 aromatic heterocycles. The predicted octanol–water partition coefficient (Wildman–Crippen LogP) is 3.43. The summed E-state index contributed by atoms with van der Waals surface area (Å²) in [5.74, 6) is -0.197. The maximum absolute atomic E-state index is 12.5. The van der Waals surface area contributed by atoms with Gasteiger partial charge in [-0.15, -0.1) is 5.10 Å². The fourth-order valence-electron chi connectivity index (χ4n) is 2.52. The molecule has 0 aliphatic rings. The Morgan fingerprint density at radius 3 is 2.72 bits per heavy atom. The van der Waals surface area contributed by atoms with Crippen molar-refractivity contribution in [1.82, 2.24) is 15.0 Å². The van der Waals surface area contributed by atoms with Gasteiger partial charge in [0.25, 0.3) is 5.91 Å². The van der Waals surface area contributed by atoms with E-state index in [2.05, 4.69) is 15.6 Å². The van der Waals surface area contributed by atoms with Crippen LogP contribution in [0, 0.1) is 13.8 Å². The van der Waals surface area contributed by atoms with Gasteiger partial charge in [-0.2, -0.15) is 0 Å². The van der Waals surface area contributed by atoms with Crippen molar-refractivity contribution in [3.8, 4) is 0 Å². The zero-order valence-electron chi connectivity index (χ0n) is 14.0. The van der Waals surface area contributed by atoms with Gasteiger partial charge in [0.15, 0.2) is 11.5 Å². The molecule has 7 heteroatoms. The van der Waals surface area contributed by atoms with Crippen LogP contribution in [0.25, 0.3) is 0 Å². The van der Waals surface area contributed by atoms with Crippen molar-refractivity contribution >= 4 is 29.0 Å². The van der Waals surface area contributed by atoms with Gasteiger partial charge in [-0.25, -0.2) is 4.68 Å². The van der Waals surface area contributed by atoms with Gasteiger partial charge in [0.1, 0.15) is 0 Å². The van der Waals surface area contributed by atoms with Crippen LogP contribution in [0.15, 0.2) is 42.5 Å². The van der Waals surface area contributed by atoms with Crippen LogP contribution in [0.3, 0.4) is 0 Å². The molecule has 3 rings (SSSR count). The Labute approximate surface area is 150 Å². The smallest absolute Gasteiger partial charge is 0.280 e. The van der Waals surface area contributed by atoms with E-state index in [1.807, 2.05) is 50.2 Å². The number of nitrogen functional groups attached to an aromatic ring is 1. The van der Waals surface area contributed by atoms with Crippen molar-refractivity contribution in [3.63, 3.8) is 0 Å². The van der Waals surface area contributed by atoms with Gasteiger partial charge in [-0.3, -0.25) is 4.79 Å². The van der Waals surface area contributed by atoms with Crippen LogP contribution in [-0.2, 0) is 6.54 Å². The van der Waals surface area contributed by atoms with E-state index >= 15 is 0 Å². The first-order valence-electron chi connectivity index (χ1n) is 7.76. The number of aryl methyl sites for hydroxylation is 2. The highest BCUT2D eigenvalue weighted by molar-refractivity contribution is 6.31. The van der Waals surface area contributed by atoms with E-state index < -0.39 is 5.91 Å². The number of rotatable bonds is 4. The molecule has 1 amide bonds. The molecule has 1 heterocycles. The third-order valence-corrected chi connectivity index (χ3v) is 4.27. The third-order valence-electron chi connectivity index (χ3n) is 3.90. The molecule has 0 atom stereocenters. The zero-order chi connectivity index (χ0) is 18.0. The minimum absolute atomic E-state index is 0.0898. The Morgan fingerprint density at radius 1 is 1.24 bits per heavy atom. The summed E-state index contributed by atoms with van der Waals surface area (Å²) in [6.07, 6.45) is 0. The van der Waals surface area contributed by atoms with Crippen LogP contribution >= 0.6 is 11.6 Å². The van der Waals surface area contributed by atoms with Crippen LogP contribution in [0.4, 0.5) is 11.5 Å². The second kappa shape index (κ2) is 6.94. The second-order valence-corrected chi connectivity index (χ2v) is 6.25. The SMILES string of the molecule is Cc1ccc(NC(=O)c2nnn(Cc3ccccc3Cl)c2N)c(C)c1. The average molecular weight is 356 g/mol. The van der Waals surface area contributed by atoms with E-state index in [-0.39, 0.29) is 11.5 Å². The van der Waals surface area contributed by atoms with Crippen molar-refractivity contribution in [2.75, 3.05) is 11.1 Å². The minimum Gasteiger partial charge on any atom is -0.382 e. The van der Waals surface area contributed by atoms with E-state index in [1.165, 1.54) is 4.68 Å². The summed E-state index contributed by atoms with van der Waals surface area (Å²) in [4.78, 5) is 12.5. The van der Waals surface area contributed by atoms with Crippen molar-refractivity contribution in [2.24, 2.45) is 0 Å². The van der Waals surface area contributed by atoms with Gasteiger partial charge >= 0.3 is 0 Å². The molecule has 3 N–H and O–H groups in total. The molecule has 0 radical (unpaired) electrons. The molecule has 0 aliphatic heterocycles. The van der Waals surface area contributed by atoms with E-state index in [9.17, 15) is 4.79 Å². The Bertz CT molecular complexity index is 935. The van der Waals surface area contributed by atoms with Crippen LogP contribution < -0.4 is 11.1 Å². The van der Waals surface area contributed by atoms with Gasteiger partial charge in [-0.05, 0) is 37.1 Å². The normalized spacial score (nSPS) is 10.7. The number of carbonyl (C=O) groups excluding carboxylic acids is 1. The lowest BCUT2D eigenvalue weighted by Crippen LogP contribution is -2.16. The molecule has 0 bridgehead atoms. The van der Waals surface area contributed by atoms with Crippen molar-refractivity contribution < 1.29 is 4.79 Å². The van der Waals surface area contributed by atoms with Gasteiger partial charge < -0.3 is 11.1 Å². The van der Waals surface area contributed by atoms with Crippen LogP contribution in [0.1, 0.15) is 27.2 Å². The highest BCUT2D eigenvalue weighted by Crippen LogP contribution is 2.20. The van der Waals surface area contributed by atoms with Gasteiger partial charge in [0.05, 0.1) is 6.54 Å². The number of amides is 1. The number of anilines is 2. The van der Waals surface area contributed by atoms with E-state index in [0.717, 1.165) is 22.4 Å². The Kier molecular flexibility index (Phi) is 4.72. The fourth-order valence-corrected chi connectivity index (χ4v) is 2.72. The lowest BCUT2D eigenvalue weighted by molar-refractivity contribution is 0.102. The number of hydrogen-bond donors (Lipinski definition) is 2. The molecule has 3 aromatic rings. The number of nitrogens with one attached hydrogen (secondary N) is 1. The molecule has 0 unspecified atom stereocenters. The first kappa shape index (κ1) is 17.0. The number of carbonyl (C=O) groups is 1. The van der Waals surface area contributed by atoms with E-state index in [4.69, 9.17) is 17.3 Å². The molecule has 0 saturated carbocycles. The fraction of sp³-hybridized carbons (Fsp3) is 0.167. The lowest BCUT2D eigenvalue weighted by Gasteiger charge is -2.08. The van der Waals surface area contributed by atoms with Crippen molar-refractivity contribution in [1.29, 1.82) is 0 Å². The Hall–Kier alpha value is -2.86. The lowest BCUT2D eigenvalue weighted by atomic mass is 10.1. The summed E-state index contributed by atoms with van der Waals surface area (Å²) in [6.45, 7) is 4.27. The maximum Gasteiger partial charge on any atom is 0.280 e. The van der Waals surface area contributed by atoms with Gasteiger partial charge in [0.2, 0.25) is 0 Å². The van der Waals surface area contributed by atoms with Gasteiger partial charge in [0, 0.05) is 10.7 Å². The second-order valence-electron chi connectivity index (χ2n) is 5.84. The summed E-state index contributed by atoms with van der Waals surface area (Å²) in [7, 11) is 0. The van der Waals surface area contributed by atoms with Crippen molar-refractivity contribution in [2.45, 2.75) is 20.4 Å². The molecule has 25 heavy (non-hydrogen) atoms. The van der Waals surface area contributed by atoms with Crippen molar-refractivity contribution in [3.05, 3.63) is 69.9 Å². The largest absolute Gasteiger partial charge is 0.382 e. The van der Waals surface area contributed by atoms with Crippen LogP contribution in [0.5, 0.6) is 0 Å². The number of halogens is 1. The predicted molar refractivity (Wildman–Crippen MR) is 98.9 cm³/mol. The number of aromatic nitrogens is 3. The average Bonchev–Trinajstić information content (AvgIpc) is 2.93. The number of benzene rings is 2. The molecule has 6 nitrogen and oxygen atoms in total. The van der Waals surface area contributed by atoms with Gasteiger partial charge in [-0.1, -0.05) is 52.7 Å². The van der Waals surface area contributed by atoms with Crippen LogP contribution in [0.2, 0.25) is 5.02 Å². The summed E-state index contributed by atoms with van der Waals surface area (Å²) in [5.41, 5.74) is 9.80. The van der Waals surface area contributed by atoms with E-state index in [0.29, 0.717) is 11.6 Å². The highest BCUT2D eigenvalue weighted by atomic mass is 35.5. The molecule has 0 aliphatic carbocycles. The summed E-state index contributed by atoms with van der Waals surface area (Å²) < 4.78 is 1.46. The number of hydrogen-bond acceptors (Lipinski definition) is 4. The zero-order valence-corrected chi connectivity index (χ0v) is 14.7. The first-order chi connectivity index (χ1) is 12.0. The highest BCUT2D eigenvalue weighted by Gasteiger charge is 2.18. The molecular formula is C18H18ClN5O. The third kappa shape index (κ3) is 3.64. The quantitative estimate of drug-likeness (QED) is 0.750. The molecule has 0 saturated heterocycles. The molecule has 128 valence electrons. The Balaban J connectivity index is 1.80. The summed E-state index contributed by atoms with van der Waals surface area (Å²) >= 11 is 6.15. The number of nitrogens with zero attached hydrogens (tertiary/aromatic N) is 3. The molecular weight excluding hydrogens is 338 g/mol. The molecule has 0 fully saturated rings. The minimum atomic E-state index is -0.394. The molecule has 0 spiro atoms. The van der Waals surface area contributed by atoms with E-state index in [1.54, 1.807) is 6.07 Å². The monoisotopic (exact) mass is 355 g/mol. The molecule has 2 aromatic carbocycles. The van der Waals surface area contributed by atoms with Crippen LogP contribution in [-0.4, -0.2) is 20.9 Å². The Morgan fingerprint density at radius 2 is 2.00 bits per heavy atom. The number of nitrogens with two attached hydrogens (primary N) is 1. The summed E-state index contributed by atoms with van der Waals surface area (Å²) in [5, 5.41) is 11.3.